The predicted molar refractivity (Wildman–Crippen MR) is 136 cm³/mol. The van der Waals surface area contributed by atoms with Gasteiger partial charge in [0.05, 0.1) is 30.6 Å². The van der Waals surface area contributed by atoms with E-state index in [0.29, 0.717) is 18.7 Å². The summed E-state index contributed by atoms with van der Waals surface area (Å²) in [6.45, 7) is 9.87. The number of ether oxygens (including phenoxy) is 1. The van der Waals surface area contributed by atoms with Crippen molar-refractivity contribution in [1.82, 2.24) is 10.2 Å². The number of anilines is 1. The summed E-state index contributed by atoms with van der Waals surface area (Å²) < 4.78 is 6.50. The van der Waals surface area contributed by atoms with E-state index in [-0.39, 0.29) is 35.1 Å². The van der Waals surface area contributed by atoms with E-state index in [1.807, 2.05) is 52.8 Å². The topological polar surface area (TPSA) is 108 Å². The Kier molecular flexibility index (Phi) is 7.33. The Morgan fingerprint density at radius 2 is 1.91 bits per heavy atom. The first-order valence-electron chi connectivity index (χ1n) is 12.5. The molecule has 35 heavy (non-hydrogen) atoms. The van der Waals surface area contributed by atoms with Crippen molar-refractivity contribution < 1.29 is 24.2 Å². The highest BCUT2D eigenvalue weighted by Gasteiger charge is 2.77. The van der Waals surface area contributed by atoms with Gasteiger partial charge in [-0.25, -0.2) is 0 Å². The van der Waals surface area contributed by atoms with Gasteiger partial charge in [-0.15, -0.1) is 0 Å². The van der Waals surface area contributed by atoms with Crippen molar-refractivity contribution in [2.75, 3.05) is 18.5 Å². The van der Waals surface area contributed by atoms with Crippen LogP contribution < -0.4 is 10.6 Å². The van der Waals surface area contributed by atoms with Crippen LogP contribution in [0.1, 0.15) is 44.7 Å². The van der Waals surface area contributed by atoms with Gasteiger partial charge in [-0.05, 0) is 43.7 Å². The number of para-hydroxylation sites is 1. The van der Waals surface area contributed by atoms with Crippen molar-refractivity contribution in [3.8, 4) is 0 Å². The lowest BCUT2D eigenvalue weighted by Crippen LogP contribution is -2.57. The van der Waals surface area contributed by atoms with Gasteiger partial charge in [0, 0.05) is 17.1 Å². The molecule has 3 fully saturated rings. The fourth-order valence-electron chi connectivity index (χ4n) is 6.21. The van der Waals surface area contributed by atoms with Crippen LogP contribution in [0.15, 0.2) is 18.2 Å². The monoisotopic (exact) mass is 549 g/mol. The van der Waals surface area contributed by atoms with Crippen LogP contribution in [0, 0.1) is 31.6 Å². The van der Waals surface area contributed by atoms with E-state index in [1.54, 1.807) is 0 Å². The Balaban J connectivity index is 1.79. The number of carbonyl (C=O) groups is 3. The second-order valence-corrected chi connectivity index (χ2v) is 11.6. The molecule has 192 valence electrons. The van der Waals surface area contributed by atoms with Crippen LogP contribution >= 0.6 is 15.9 Å². The largest absolute Gasteiger partial charge is 0.394 e. The quantitative estimate of drug-likeness (QED) is 0.432. The Labute approximate surface area is 215 Å². The number of nitrogens with zero attached hydrogens (tertiary/aromatic N) is 1. The van der Waals surface area contributed by atoms with Crippen molar-refractivity contribution in [3.05, 3.63) is 29.3 Å². The number of hydrogen-bond donors (Lipinski definition) is 3. The molecule has 0 saturated carbocycles. The van der Waals surface area contributed by atoms with Crippen LogP contribution in [0.2, 0.25) is 0 Å². The molecule has 3 N–H and O–H groups in total. The first-order chi connectivity index (χ1) is 16.6. The lowest BCUT2D eigenvalue weighted by atomic mass is 9.70. The van der Waals surface area contributed by atoms with Crippen molar-refractivity contribution >= 4 is 39.3 Å². The van der Waals surface area contributed by atoms with Gasteiger partial charge in [-0.2, -0.15) is 0 Å². The molecule has 1 spiro atoms. The molecule has 4 rings (SSSR count). The number of likely N-dealkylation sites (tertiary alicyclic amines) is 1. The third-order valence-corrected chi connectivity index (χ3v) is 8.72. The fraction of sp³-hybridized carbons (Fsp3) is 0.654. The first kappa shape index (κ1) is 26.1. The highest BCUT2D eigenvalue weighted by atomic mass is 79.9. The minimum atomic E-state index is -1.15. The van der Waals surface area contributed by atoms with E-state index in [0.717, 1.165) is 17.5 Å². The van der Waals surface area contributed by atoms with Gasteiger partial charge in [0.2, 0.25) is 17.7 Å². The van der Waals surface area contributed by atoms with Crippen LogP contribution in [0.5, 0.6) is 0 Å². The zero-order valence-electron chi connectivity index (χ0n) is 21.0. The number of amides is 3. The maximum Gasteiger partial charge on any atom is 0.250 e. The summed E-state index contributed by atoms with van der Waals surface area (Å²) in [6.07, 6.45) is 0.715. The molecule has 1 aromatic carbocycles. The molecule has 2 bridgehead atoms. The Morgan fingerprint density at radius 1 is 1.26 bits per heavy atom. The summed E-state index contributed by atoms with van der Waals surface area (Å²) >= 11 is 3.68. The van der Waals surface area contributed by atoms with Crippen LogP contribution in [-0.4, -0.2) is 69.5 Å². The third kappa shape index (κ3) is 4.09. The van der Waals surface area contributed by atoms with Crippen molar-refractivity contribution in [2.24, 2.45) is 17.8 Å². The van der Waals surface area contributed by atoms with Crippen molar-refractivity contribution in [1.29, 1.82) is 0 Å². The summed E-state index contributed by atoms with van der Waals surface area (Å²) in [4.78, 5) is 42.6. The van der Waals surface area contributed by atoms with E-state index in [1.165, 1.54) is 4.90 Å². The summed E-state index contributed by atoms with van der Waals surface area (Å²) in [7, 11) is 0. The van der Waals surface area contributed by atoms with Crippen molar-refractivity contribution in [3.63, 3.8) is 0 Å². The predicted octanol–water partition coefficient (Wildman–Crippen LogP) is 2.53. The number of alkyl halides is 1. The van der Waals surface area contributed by atoms with Gasteiger partial charge in [0.25, 0.3) is 0 Å². The van der Waals surface area contributed by atoms with Gasteiger partial charge in [-0.1, -0.05) is 54.9 Å². The second-order valence-electron chi connectivity index (χ2n) is 10.5. The second kappa shape index (κ2) is 9.82. The maximum atomic E-state index is 14.0. The van der Waals surface area contributed by atoms with E-state index in [2.05, 4.69) is 26.6 Å². The lowest BCUT2D eigenvalue weighted by molar-refractivity contribution is -0.145. The zero-order valence-corrected chi connectivity index (χ0v) is 22.6. The number of halogens is 1. The molecular weight excluding hydrogens is 514 g/mol. The minimum absolute atomic E-state index is 0.0981. The fourth-order valence-corrected chi connectivity index (χ4v) is 7.16. The lowest BCUT2D eigenvalue weighted by Gasteiger charge is -2.38. The molecule has 1 aromatic rings. The van der Waals surface area contributed by atoms with Crippen LogP contribution in [0.4, 0.5) is 5.69 Å². The van der Waals surface area contributed by atoms with E-state index >= 15 is 0 Å². The van der Waals surface area contributed by atoms with Gasteiger partial charge in [0.15, 0.2) is 0 Å². The number of fused-ring (bicyclic) bond motifs is 1. The molecule has 3 saturated heterocycles. The van der Waals surface area contributed by atoms with Gasteiger partial charge in [0.1, 0.15) is 11.6 Å². The van der Waals surface area contributed by atoms with Crippen LogP contribution in [0.25, 0.3) is 0 Å². The molecule has 3 aliphatic rings. The average molecular weight is 550 g/mol. The molecule has 0 aliphatic carbocycles. The zero-order chi connectivity index (χ0) is 25.7. The number of nitrogens with one attached hydrogen (secondary N) is 2. The van der Waals surface area contributed by atoms with Gasteiger partial charge < -0.3 is 25.4 Å². The Bertz CT molecular complexity index is 996. The summed E-state index contributed by atoms with van der Waals surface area (Å²) in [5.41, 5.74) is 1.39. The van der Waals surface area contributed by atoms with E-state index in [9.17, 15) is 19.5 Å². The summed E-state index contributed by atoms with van der Waals surface area (Å²) in [5.74, 6) is -2.44. The standard InChI is InChI=1S/C26H36BrN3O5/c1-6-10-28-23(32)18-19-25(34)30(17(12-31)13(2)3)22(26(19)11-16(27)21(18)35-26)24(33)29-20-14(4)8-7-9-15(20)5/h7-9,13,16-19,21-22,31H,6,10-12H2,1-5H3,(H,28,32)(H,29,33)/t16?,17-,18+,19-,21+,22?,26?/m0/s1. The highest BCUT2D eigenvalue weighted by molar-refractivity contribution is 9.09. The Hall–Kier alpha value is -1.97. The first-order valence-corrected chi connectivity index (χ1v) is 13.4. The number of rotatable bonds is 8. The molecule has 3 aliphatic heterocycles. The number of aliphatic hydroxyl groups excluding tert-OH is 1. The molecule has 8 nitrogen and oxygen atoms in total. The average Bonchev–Trinajstić information content (AvgIpc) is 3.39. The molecule has 0 aromatic heterocycles. The summed E-state index contributed by atoms with van der Waals surface area (Å²) in [6, 6.07) is 4.23. The molecule has 3 amide bonds. The van der Waals surface area contributed by atoms with E-state index in [4.69, 9.17) is 4.74 Å². The summed E-state index contributed by atoms with van der Waals surface area (Å²) in [5, 5.41) is 16.3. The highest BCUT2D eigenvalue weighted by Crippen LogP contribution is 2.60. The molecule has 3 unspecified atom stereocenters. The molecule has 0 radical (unpaired) electrons. The van der Waals surface area contributed by atoms with E-state index < -0.39 is 35.6 Å². The number of carbonyl (C=O) groups excluding carboxylic acids is 3. The Morgan fingerprint density at radius 3 is 2.49 bits per heavy atom. The normalized spacial score (nSPS) is 32.2. The smallest absolute Gasteiger partial charge is 0.250 e. The molecule has 3 heterocycles. The maximum absolute atomic E-state index is 14.0. The van der Waals surface area contributed by atoms with Gasteiger partial charge in [-0.3, -0.25) is 14.4 Å². The SMILES string of the molecule is CCCNC(=O)[C@H]1[C@@H]2OC3(CC2Br)C(C(=O)Nc2c(C)cccc2C)N([C@@H](CO)C(C)C)C(=O)[C@H]13. The molecule has 9 heteroatoms. The number of hydrogen-bond acceptors (Lipinski definition) is 5. The molecular formula is C26H36BrN3O5. The third-order valence-electron chi connectivity index (χ3n) is 7.87. The minimum Gasteiger partial charge on any atom is -0.394 e. The number of aliphatic hydroxyl groups is 1. The van der Waals surface area contributed by atoms with Crippen LogP contribution in [-0.2, 0) is 19.1 Å². The number of benzene rings is 1. The van der Waals surface area contributed by atoms with Gasteiger partial charge >= 0.3 is 0 Å². The molecule has 7 atom stereocenters. The number of aryl methyl sites for hydroxylation is 2. The van der Waals surface area contributed by atoms with Crippen molar-refractivity contribution in [2.45, 2.75) is 76.1 Å². The van der Waals surface area contributed by atoms with Crippen LogP contribution in [0.3, 0.4) is 0 Å².